The standard InChI is InChI=1S/C13H21N5O2/c1-10-8-12(20-2)17-13(15-10)16-11(19)9-18-6-3-4-14-5-7-18/h8,14H,3-7,9H2,1-2H3,(H,15,16,17,19). The first kappa shape index (κ1) is 14.7. The highest BCUT2D eigenvalue weighted by atomic mass is 16.5. The SMILES string of the molecule is COc1cc(C)nc(NC(=O)CN2CCCNCC2)n1. The molecule has 1 fully saturated rings. The number of ether oxygens (including phenoxy) is 1. The molecular formula is C13H21N5O2. The Balaban J connectivity index is 1.91. The van der Waals surface area contributed by atoms with E-state index < -0.39 is 0 Å². The minimum Gasteiger partial charge on any atom is -0.481 e. The molecule has 0 saturated carbocycles. The molecule has 0 aliphatic carbocycles. The number of hydrogen-bond acceptors (Lipinski definition) is 6. The van der Waals surface area contributed by atoms with Gasteiger partial charge in [0.25, 0.3) is 0 Å². The van der Waals surface area contributed by atoms with Gasteiger partial charge in [-0.3, -0.25) is 15.0 Å². The summed E-state index contributed by atoms with van der Waals surface area (Å²) in [4.78, 5) is 22.4. The van der Waals surface area contributed by atoms with E-state index in [0.29, 0.717) is 18.4 Å². The van der Waals surface area contributed by atoms with Crippen LogP contribution in [-0.4, -0.2) is 60.6 Å². The number of amides is 1. The maximum absolute atomic E-state index is 12.0. The molecule has 7 nitrogen and oxygen atoms in total. The Bertz CT molecular complexity index is 458. The van der Waals surface area contributed by atoms with Crippen LogP contribution in [0.3, 0.4) is 0 Å². The molecule has 20 heavy (non-hydrogen) atoms. The average molecular weight is 279 g/mol. The van der Waals surface area contributed by atoms with Gasteiger partial charge in [0.15, 0.2) is 0 Å². The van der Waals surface area contributed by atoms with Gasteiger partial charge < -0.3 is 10.1 Å². The van der Waals surface area contributed by atoms with Crippen molar-refractivity contribution in [2.24, 2.45) is 0 Å². The summed E-state index contributed by atoms with van der Waals surface area (Å²) >= 11 is 0. The van der Waals surface area contributed by atoms with Gasteiger partial charge in [-0.05, 0) is 26.4 Å². The predicted molar refractivity (Wildman–Crippen MR) is 75.9 cm³/mol. The van der Waals surface area contributed by atoms with Gasteiger partial charge in [0.1, 0.15) is 0 Å². The number of aromatic nitrogens is 2. The van der Waals surface area contributed by atoms with Crippen molar-refractivity contribution in [1.82, 2.24) is 20.2 Å². The predicted octanol–water partition coefficient (Wildman–Crippen LogP) is 0.0274. The lowest BCUT2D eigenvalue weighted by molar-refractivity contribution is -0.117. The number of carbonyl (C=O) groups excluding carboxylic acids is 1. The number of hydrogen-bond donors (Lipinski definition) is 2. The minimum absolute atomic E-state index is 0.0976. The Hall–Kier alpha value is -1.73. The molecule has 2 rings (SSSR count). The van der Waals surface area contributed by atoms with Crippen LogP contribution >= 0.6 is 0 Å². The smallest absolute Gasteiger partial charge is 0.240 e. The molecule has 2 heterocycles. The van der Waals surface area contributed by atoms with Crippen molar-refractivity contribution in [2.45, 2.75) is 13.3 Å². The number of methoxy groups -OCH3 is 1. The van der Waals surface area contributed by atoms with Crippen LogP contribution in [0.15, 0.2) is 6.07 Å². The first-order valence-electron chi connectivity index (χ1n) is 6.80. The van der Waals surface area contributed by atoms with Crippen molar-refractivity contribution in [3.8, 4) is 5.88 Å². The van der Waals surface area contributed by atoms with Gasteiger partial charge in [-0.15, -0.1) is 0 Å². The monoisotopic (exact) mass is 279 g/mol. The van der Waals surface area contributed by atoms with Crippen LogP contribution in [0.5, 0.6) is 5.88 Å². The van der Waals surface area contributed by atoms with Crippen LogP contribution in [0, 0.1) is 6.92 Å². The van der Waals surface area contributed by atoms with Crippen molar-refractivity contribution < 1.29 is 9.53 Å². The second-order valence-electron chi connectivity index (χ2n) is 4.80. The van der Waals surface area contributed by atoms with Gasteiger partial charge in [-0.2, -0.15) is 4.98 Å². The fourth-order valence-electron chi connectivity index (χ4n) is 2.13. The number of rotatable bonds is 4. The Labute approximate surface area is 118 Å². The van der Waals surface area contributed by atoms with E-state index in [4.69, 9.17) is 4.74 Å². The molecule has 1 amide bonds. The van der Waals surface area contributed by atoms with Gasteiger partial charge in [-0.25, -0.2) is 4.98 Å². The minimum atomic E-state index is -0.0976. The van der Waals surface area contributed by atoms with Crippen LogP contribution in [0.25, 0.3) is 0 Å². The third kappa shape index (κ3) is 4.43. The van der Waals surface area contributed by atoms with Crippen molar-refractivity contribution in [1.29, 1.82) is 0 Å². The van der Waals surface area contributed by atoms with E-state index in [1.165, 1.54) is 7.11 Å². The third-order valence-corrected chi connectivity index (χ3v) is 3.09. The van der Waals surface area contributed by atoms with E-state index >= 15 is 0 Å². The zero-order valence-electron chi connectivity index (χ0n) is 12.0. The summed E-state index contributed by atoms with van der Waals surface area (Å²) in [6.45, 7) is 5.93. The summed E-state index contributed by atoms with van der Waals surface area (Å²) in [5.74, 6) is 0.645. The van der Waals surface area contributed by atoms with Gasteiger partial charge in [-0.1, -0.05) is 0 Å². The van der Waals surface area contributed by atoms with E-state index in [9.17, 15) is 4.79 Å². The first-order chi connectivity index (χ1) is 9.67. The van der Waals surface area contributed by atoms with Crippen LogP contribution in [0.1, 0.15) is 12.1 Å². The molecule has 110 valence electrons. The fraction of sp³-hybridized carbons (Fsp3) is 0.615. The number of carbonyl (C=O) groups is 1. The van der Waals surface area contributed by atoms with Gasteiger partial charge in [0.2, 0.25) is 17.7 Å². The van der Waals surface area contributed by atoms with E-state index in [0.717, 1.165) is 38.3 Å². The number of nitrogens with zero attached hydrogens (tertiary/aromatic N) is 3. The first-order valence-corrected chi connectivity index (χ1v) is 6.80. The molecule has 0 atom stereocenters. The van der Waals surface area contributed by atoms with Crippen LogP contribution < -0.4 is 15.4 Å². The van der Waals surface area contributed by atoms with Gasteiger partial charge in [0.05, 0.1) is 13.7 Å². The zero-order chi connectivity index (χ0) is 14.4. The lowest BCUT2D eigenvalue weighted by Gasteiger charge is -2.18. The zero-order valence-corrected chi connectivity index (χ0v) is 12.0. The summed E-state index contributed by atoms with van der Waals surface area (Å²) < 4.78 is 5.06. The average Bonchev–Trinajstić information content (AvgIpc) is 2.66. The topological polar surface area (TPSA) is 79.4 Å². The normalized spacial score (nSPS) is 16.5. The summed E-state index contributed by atoms with van der Waals surface area (Å²) in [5.41, 5.74) is 0.756. The number of aryl methyl sites for hydroxylation is 1. The Morgan fingerprint density at radius 3 is 3.10 bits per heavy atom. The largest absolute Gasteiger partial charge is 0.481 e. The van der Waals surface area contributed by atoms with Crippen LogP contribution in [0.2, 0.25) is 0 Å². The van der Waals surface area contributed by atoms with E-state index in [-0.39, 0.29) is 5.91 Å². The second kappa shape index (κ2) is 7.16. The molecule has 1 aromatic rings. The van der Waals surface area contributed by atoms with Crippen molar-refractivity contribution in [3.63, 3.8) is 0 Å². The molecule has 1 aliphatic heterocycles. The van der Waals surface area contributed by atoms with Crippen LogP contribution in [0.4, 0.5) is 5.95 Å². The fourth-order valence-corrected chi connectivity index (χ4v) is 2.13. The van der Waals surface area contributed by atoms with Gasteiger partial charge in [0, 0.05) is 24.8 Å². The molecule has 1 aliphatic rings. The van der Waals surface area contributed by atoms with Crippen molar-refractivity contribution >= 4 is 11.9 Å². The number of nitrogens with one attached hydrogen (secondary N) is 2. The number of anilines is 1. The molecule has 0 radical (unpaired) electrons. The van der Waals surface area contributed by atoms with E-state index in [1.807, 2.05) is 6.92 Å². The Morgan fingerprint density at radius 1 is 1.45 bits per heavy atom. The Kier molecular flexibility index (Phi) is 5.25. The molecule has 7 heteroatoms. The summed E-state index contributed by atoms with van der Waals surface area (Å²) in [6, 6.07) is 1.72. The Morgan fingerprint density at radius 2 is 2.30 bits per heavy atom. The van der Waals surface area contributed by atoms with Crippen LogP contribution in [-0.2, 0) is 4.79 Å². The summed E-state index contributed by atoms with van der Waals surface area (Å²) in [6.07, 6.45) is 1.06. The lowest BCUT2D eigenvalue weighted by atomic mass is 10.4. The summed E-state index contributed by atoms with van der Waals surface area (Å²) in [5, 5.41) is 6.03. The molecular weight excluding hydrogens is 258 g/mol. The molecule has 2 N–H and O–H groups in total. The molecule has 1 saturated heterocycles. The molecule has 0 aromatic carbocycles. The molecule has 1 aromatic heterocycles. The van der Waals surface area contributed by atoms with E-state index in [2.05, 4.69) is 25.5 Å². The third-order valence-electron chi connectivity index (χ3n) is 3.09. The highest BCUT2D eigenvalue weighted by molar-refractivity contribution is 5.90. The van der Waals surface area contributed by atoms with Gasteiger partial charge >= 0.3 is 0 Å². The highest BCUT2D eigenvalue weighted by Gasteiger charge is 2.14. The quantitative estimate of drug-likeness (QED) is 0.809. The molecule has 0 spiro atoms. The van der Waals surface area contributed by atoms with E-state index in [1.54, 1.807) is 6.07 Å². The molecule has 0 bridgehead atoms. The maximum atomic E-state index is 12.0. The maximum Gasteiger partial charge on any atom is 0.240 e. The summed E-state index contributed by atoms with van der Waals surface area (Å²) in [7, 11) is 1.54. The lowest BCUT2D eigenvalue weighted by Crippen LogP contribution is -2.36. The van der Waals surface area contributed by atoms with Crippen molar-refractivity contribution in [3.05, 3.63) is 11.8 Å². The molecule has 0 unspecified atom stereocenters. The second-order valence-corrected chi connectivity index (χ2v) is 4.80. The highest BCUT2D eigenvalue weighted by Crippen LogP contribution is 2.11. The van der Waals surface area contributed by atoms with Crippen molar-refractivity contribution in [2.75, 3.05) is 45.2 Å².